The van der Waals surface area contributed by atoms with Gasteiger partial charge in [0.15, 0.2) is 0 Å². The van der Waals surface area contributed by atoms with Crippen LogP contribution in [0.3, 0.4) is 0 Å². The lowest BCUT2D eigenvalue weighted by molar-refractivity contribution is 0.147. The second-order valence-corrected chi connectivity index (χ2v) is 6.43. The number of nitrogens with zero attached hydrogens (tertiary/aromatic N) is 1. The van der Waals surface area contributed by atoms with Crippen LogP contribution in [0.25, 0.3) is 0 Å². The highest BCUT2D eigenvalue weighted by Crippen LogP contribution is 2.37. The summed E-state index contributed by atoms with van der Waals surface area (Å²) in [5, 5.41) is 3.37. The van der Waals surface area contributed by atoms with Gasteiger partial charge in [-0.1, -0.05) is 6.07 Å². The summed E-state index contributed by atoms with van der Waals surface area (Å²) in [7, 11) is 0. The van der Waals surface area contributed by atoms with Crippen LogP contribution in [-0.4, -0.2) is 30.6 Å². The molecule has 1 aliphatic carbocycles. The maximum Gasteiger partial charge on any atom is 0.130 e. The molecule has 1 saturated heterocycles. The van der Waals surface area contributed by atoms with Gasteiger partial charge in [0, 0.05) is 24.2 Å². The zero-order valence-corrected chi connectivity index (χ0v) is 12.6. The van der Waals surface area contributed by atoms with E-state index >= 15 is 0 Å². The van der Waals surface area contributed by atoms with E-state index in [0.717, 1.165) is 45.3 Å². The molecule has 0 amide bonds. The predicted octanol–water partition coefficient (Wildman–Crippen LogP) is 3.49. The van der Waals surface area contributed by atoms with E-state index in [2.05, 4.69) is 10.2 Å². The van der Waals surface area contributed by atoms with Gasteiger partial charge in [0.1, 0.15) is 11.6 Å². The Morgan fingerprint density at radius 2 is 1.76 bits per heavy atom. The minimum absolute atomic E-state index is 0.186. The van der Waals surface area contributed by atoms with Crippen LogP contribution in [0.1, 0.15) is 44.2 Å². The third-order valence-corrected chi connectivity index (χ3v) is 4.86. The van der Waals surface area contributed by atoms with Gasteiger partial charge in [0.25, 0.3) is 0 Å². The van der Waals surface area contributed by atoms with Gasteiger partial charge < -0.3 is 5.32 Å². The van der Waals surface area contributed by atoms with Crippen molar-refractivity contribution in [3.05, 3.63) is 35.4 Å². The molecule has 1 aromatic carbocycles. The van der Waals surface area contributed by atoms with E-state index in [1.54, 1.807) is 0 Å². The van der Waals surface area contributed by atoms with E-state index in [-0.39, 0.29) is 11.6 Å². The molecule has 3 rings (SSSR count). The van der Waals surface area contributed by atoms with E-state index in [0.29, 0.717) is 12.0 Å². The molecule has 1 aliphatic heterocycles. The molecule has 4 heteroatoms. The average molecular weight is 294 g/mol. The summed E-state index contributed by atoms with van der Waals surface area (Å²) in [6.07, 6.45) is 4.64. The zero-order valence-electron chi connectivity index (χ0n) is 12.6. The van der Waals surface area contributed by atoms with Crippen molar-refractivity contribution >= 4 is 0 Å². The topological polar surface area (TPSA) is 15.3 Å². The van der Waals surface area contributed by atoms with Crippen molar-refractivity contribution in [3.63, 3.8) is 0 Å². The number of hydrogen-bond donors (Lipinski definition) is 1. The van der Waals surface area contributed by atoms with Crippen LogP contribution < -0.4 is 5.32 Å². The fourth-order valence-corrected chi connectivity index (χ4v) is 3.47. The van der Waals surface area contributed by atoms with Crippen molar-refractivity contribution in [2.45, 2.75) is 44.7 Å². The number of rotatable bonds is 5. The van der Waals surface area contributed by atoms with Crippen LogP contribution in [0.2, 0.25) is 0 Å². The maximum atomic E-state index is 14.0. The van der Waals surface area contributed by atoms with Crippen LogP contribution in [0.4, 0.5) is 8.78 Å². The van der Waals surface area contributed by atoms with Crippen molar-refractivity contribution < 1.29 is 8.78 Å². The summed E-state index contributed by atoms with van der Waals surface area (Å²) in [4.78, 5) is 2.33. The number of hydrogen-bond acceptors (Lipinski definition) is 2. The summed E-state index contributed by atoms with van der Waals surface area (Å²) >= 11 is 0. The second-order valence-electron chi connectivity index (χ2n) is 6.43. The molecule has 0 spiro atoms. The summed E-state index contributed by atoms with van der Waals surface area (Å²) < 4.78 is 28.1. The van der Waals surface area contributed by atoms with Crippen molar-refractivity contribution in [3.8, 4) is 0 Å². The average Bonchev–Trinajstić information content (AvgIpc) is 3.30. The highest BCUT2D eigenvalue weighted by atomic mass is 19.1. The minimum atomic E-state index is -0.418. The monoisotopic (exact) mass is 294 g/mol. The zero-order chi connectivity index (χ0) is 14.8. The Balaban J connectivity index is 1.76. The first kappa shape index (κ1) is 14.9. The van der Waals surface area contributed by atoms with Gasteiger partial charge in [-0.05, 0) is 63.7 Å². The van der Waals surface area contributed by atoms with Crippen LogP contribution in [-0.2, 0) is 0 Å². The summed E-state index contributed by atoms with van der Waals surface area (Å²) in [5.74, 6) is -0.193. The number of nitrogens with one attached hydrogen (secondary N) is 1. The Kier molecular flexibility index (Phi) is 4.55. The Hall–Kier alpha value is -1.00. The van der Waals surface area contributed by atoms with Gasteiger partial charge in [0.2, 0.25) is 0 Å². The van der Waals surface area contributed by atoms with Crippen molar-refractivity contribution in [1.82, 2.24) is 10.2 Å². The molecule has 1 unspecified atom stereocenters. The number of benzene rings is 1. The lowest BCUT2D eigenvalue weighted by atomic mass is 9.95. The lowest BCUT2D eigenvalue weighted by Gasteiger charge is -2.34. The molecule has 0 bridgehead atoms. The van der Waals surface area contributed by atoms with E-state index in [1.807, 2.05) is 6.92 Å². The van der Waals surface area contributed by atoms with Gasteiger partial charge in [-0.2, -0.15) is 0 Å². The SMILES string of the molecule is CC(c1c(F)cccc1F)N(CC1CCNCC1)C1CC1. The lowest BCUT2D eigenvalue weighted by Crippen LogP contribution is -2.39. The molecule has 1 saturated carbocycles. The van der Waals surface area contributed by atoms with Crippen LogP contribution in [0, 0.1) is 17.6 Å². The van der Waals surface area contributed by atoms with Gasteiger partial charge in [-0.25, -0.2) is 8.78 Å². The molecular weight excluding hydrogens is 270 g/mol. The molecule has 2 fully saturated rings. The molecule has 1 heterocycles. The Morgan fingerprint density at radius 3 is 2.33 bits per heavy atom. The molecule has 2 nitrogen and oxygen atoms in total. The Labute approximate surface area is 125 Å². The second kappa shape index (κ2) is 6.41. The van der Waals surface area contributed by atoms with E-state index in [9.17, 15) is 8.78 Å². The highest BCUT2D eigenvalue weighted by Gasteiger charge is 2.36. The molecule has 1 atom stereocenters. The fraction of sp³-hybridized carbons (Fsp3) is 0.647. The third-order valence-electron chi connectivity index (χ3n) is 4.86. The number of halogens is 2. The minimum Gasteiger partial charge on any atom is -0.317 e. The Bertz CT molecular complexity index is 461. The van der Waals surface area contributed by atoms with Gasteiger partial charge in [-0.15, -0.1) is 0 Å². The third kappa shape index (κ3) is 3.43. The molecule has 0 radical (unpaired) electrons. The smallest absolute Gasteiger partial charge is 0.130 e. The van der Waals surface area contributed by atoms with Crippen molar-refractivity contribution in [2.75, 3.05) is 19.6 Å². The summed E-state index contributed by atoms with van der Waals surface area (Å²) in [6.45, 7) is 5.03. The molecule has 1 aromatic rings. The summed E-state index contributed by atoms with van der Waals surface area (Å²) in [5.41, 5.74) is 0.235. The first-order valence-electron chi connectivity index (χ1n) is 8.07. The van der Waals surface area contributed by atoms with E-state index < -0.39 is 11.6 Å². The molecular formula is C17H24F2N2. The first-order valence-corrected chi connectivity index (χ1v) is 8.07. The van der Waals surface area contributed by atoms with Crippen LogP contribution in [0.5, 0.6) is 0 Å². The van der Waals surface area contributed by atoms with Crippen molar-refractivity contribution in [1.29, 1.82) is 0 Å². The number of piperidine rings is 1. The first-order chi connectivity index (χ1) is 10.2. The Morgan fingerprint density at radius 1 is 1.14 bits per heavy atom. The van der Waals surface area contributed by atoms with Crippen LogP contribution in [0.15, 0.2) is 18.2 Å². The van der Waals surface area contributed by atoms with Gasteiger partial charge in [0.05, 0.1) is 0 Å². The fourth-order valence-electron chi connectivity index (χ4n) is 3.47. The highest BCUT2D eigenvalue weighted by molar-refractivity contribution is 5.23. The molecule has 1 N–H and O–H groups in total. The predicted molar refractivity (Wildman–Crippen MR) is 80.1 cm³/mol. The molecule has 21 heavy (non-hydrogen) atoms. The largest absolute Gasteiger partial charge is 0.317 e. The standard InChI is InChI=1S/C17H24F2N2/c1-12(17-15(18)3-2-4-16(17)19)21(14-5-6-14)11-13-7-9-20-10-8-13/h2-4,12-14,20H,5-11H2,1H3. The van der Waals surface area contributed by atoms with E-state index in [4.69, 9.17) is 0 Å². The quantitative estimate of drug-likeness (QED) is 0.894. The normalized spacial score (nSPS) is 21.7. The molecule has 2 aliphatic rings. The molecule has 0 aromatic heterocycles. The van der Waals surface area contributed by atoms with Gasteiger partial charge in [-0.3, -0.25) is 4.90 Å². The van der Waals surface area contributed by atoms with Crippen LogP contribution >= 0.6 is 0 Å². The van der Waals surface area contributed by atoms with Crippen molar-refractivity contribution in [2.24, 2.45) is 5.92 Å². The van der Waals surface area contributed by atoms with Gasteiger partial charge >= 0.3 is 0 Å². The molecule has 116 valence electrons. The summed E-state index contributed by atoms with van der Waals surface area (Å²) in [6, 6.07) is 4.49. The maximum absolute atomic E-state index is 14.0. The van der Waals surface area contributed by atoms with E-state index in [1.165, 1.54) is 18.2 Å².